The van der Waals surface area contributed by atoms with Gasteiger partial charge in [0.2, 0.25) is 0 Å². The lowest BCUT2D eigenvalue weighted by Gasteiger charge is -2.23. The molecule has 0 spiro atoms. The average molecular weight is 738 g/mol. The number of hydrogen-bond donors (Lipinski definition) is 0. The molecule has 11 aromatic rings. The van der Waals surface area contributed by atoms with E-state index in [0.717, 1.165) is 0 Å². The first-order valence-electron chi connectivity index (χ1n) is 25.0. The Morgan fingerprint density at radius 2 is 0.702 bits per heavy atom. The first-order valence-corrected chi connectivity index (χ1v) is 18.5. The van der Waals surface area contributed by atoms with E-state index in [1.807, 2.05) is 97.1 Å². The summed E-state index contributed by atoms with van der Waals surface area (Å²) in [7, 11) is 0. The van der Waals surface area contributed by atoms with Gasteiger partial charge in [-0.2, -0.15) is 0 Å². The Morgan fingerprint density at radius 1 is 0.281 bits per heavy atom. The van der Waals surface area contributed by atoms with Crippen molar-refractivity contribution in [2.24, 2.45) is 0 Å². The predicted molar refractivity (Wildman–Crippen MR) is 241 cm³/mol. The van der Waals surface area contributed by atoms with Gasteiger partial charge in [-0.1, -0.05) is 206 Å². The van der Waals surface area contributed by atoms with E-state index >= 15 is 0 Å². The summed E-state index contributed by atoms with van der Waals surface area (Å²) in [6, 6.07) is 37.1. The molecule has 0 fully saturated rings. The summed E-state index contributed by atoms with van der Waals surface area (Å²) in [6.45, 7) is 0. The Kier molecular flexibility index (Phi) is 5.32. The van der Waals surface area contributed by atoms with Crippen LogP contribution in [0.5, 0.6) is 0 Å². The largest absolute Gasteiger partial charge is 0.455 e. The van der Waals surface area contributed by atoms with E-state index in [-0.39, 0.29) is 74.5 Å². The van der Waals surface area contributed by atoms with Crippen LogP contribution in [0.25, 0.3) is 110 Å². The molecule has 0 radical (unpaired) electrons. The standard InChI is InChI=1S/C56H36O/c1-5-19-37(20-6-1)42-31-17-33-48-49-34-18-32-43(56(49)57-55(42)48)41-35-50(38-21-7-2-8-22-38)54(51(36-41)39-23-9-3-10-24-39)53-46-29-15-13-27-44(46)52(40-25-11-4-12-26-40)45-28-14-16-30-47(45)53/h1-36H/i1D,5D,6D,13D,14D,15D,16D,19D,20D,27D,28D,29D,30D. The SMILES string of the molecule is [2H]c1c([2H])c([2H])c(-c2cccc3c2oc2c(-c4cc(-c5ccccc5)c(-c5c6c([2H])c([2H])c([2H])c([2H])c6c(-c6ccccc6)c6c([2H])c([2H])c([2H])c([2H])c56)c(-c5ccccc5)c4)cccc23)c([2H])c1[2H]. The van der Waals surface area contributed by atoms with E-state index < -0.39 is 42.3 Å². The van der Waals surface area contributed by atoms with Crippen molar-refractivity contribution in [3.63, 3.8) is 0 Å². The molecule has 10 aromatic carbocycles. The molecular formula is C56H36O. The molecule has 0 saturated carbocycles. The van der Waals surface area contributed by atoms with Crippen LogP contribution in [0, 0.1) is 0 Å². The topological polar surface area (TPSA) is 13.1 Å². The molecule has 266 valence electrons. The van der Waals surface area contributed by atoms with Gasteiger partial charge >= 0.3 is 0 Å². The monoisotopic (exact) mass is 737 g/mol. The third-order valence-electron chi connectivity index (χ3n) is 10.6. The van der Waals surface area contributed by atoms with E-state index in [4.69, 9.17) is 16.8 Å². The summed E-state index contributed by atoms with van der Waals surface area (Å²) in [5, 5.41) is 1.74. The Hall–Kier alpha value is -7.48. The van der Waals surface area contributed by atoms with E-state index in [9.17, 15) is 5.48 Å². The van der Waals surface area contributed by atoms with Crippen molar-refractivity contribution in [1.29, 1.82) is 0 Å². The van der Waals surface area contributed by atoms with Crippen molar-refractivity contribution in [3.8, 4) is 66.8 Å². The molecule has 0 saturated heterocycles. The minimum atomic E-state index is -0.503. The van der Waals surface area contributed by atoms with Crippen molar-refractivity contribution in [2.75, 3.05) is 0 Å². The van der Waals surface area contributed by atoms with Crippen molar-refractivity contribution >= 4 is 43.5 Å². The van der Waals surface area contributed by atoms with Gasteiger partial charge in [0.25, 0.3) is 0 Å². The molecule has 0 amide bonds. The summed E-state index contributed by atoms with van der Waals surface area (Å²) in [4.78, 5) is 0. The Labute approximate surface area is 350 Å². The fourth-order valence-electron chi connectivity index (χ4n) is 8.16. The summed E-state index contributed by atoms with van der Waals surface area (Å²) in [5.74, 6) is 0. The minimum absolute atomic E-state index is 0.00738. The molecule has 0 bridgehead atoms. The van der Waals surface area contributed by atoms with E-state index in [1.165, 1.54) is 0 Å². The molecule has 11 rings (SSSR count). The Bertz CT molecular complexity index is 3850. The molecule has 1 nitrogen and oxygen atoms in total. The number of para-hydroxylation sites is 2. The Balaban J connectivity index is 1.34. The van der Waals surface area contributed by atoms with Crippen LogP contribution in [0.1, 0.15) is 17.8 Å². The zero-order chi connectivity index (χ0) is 49.0. The molecular weight excluding hydrogens is 689 g/mol. The van der Waals surface area contributed by atoms with E-state index in [2.05, 4.69) is 0 Å². The quantitative estimate of drug-likeness (QED) is 0.155. The van der Waals surface area contributed by atoms with Gasteiger partial charge in [0.15, 0.2) is 0 Å². The van der Waals surface area contributed by atoms with Crippen LogP contribution >= 0.6 is 0 Å². The summed E-state index contributed by atoms with van der Waals surface area (Å²) in [6.07, 6.45) is 0. The van der Waals surface area contributed by atoms with Crippen molar-refractivity contribution in [1.82, 2.24) is 0 Å². The molecule has 0 aliphatic heterocycles. The van der Waals surface area contributed by atoms with Crippen LogP contribution < -0.4 is 0 Å². The maximum atomic E-state index is 9.73. The van der Waals surface area contributed by atoms with E-state index in [0.29, 0.717) is 72.0 Å². The highest BCUT2D eigenvalue weighted by molar-refractivity contribution is 6.24. The van der Waals surface area contributed by atoms with Crippen LogP contribution in [0.4, 0.5) is 0 Å². The lowest BCUT2D eigenvalue weighted by Crippen LogP contribution is -1.96. The molecule has 1 heterocycles. The molecule has 0 aliphatic rings. The second kappa shape index (κ2) is 13.7. The van der Waals surface area contributed by atoms with Gasteiger partial charge < -0.3 is 4.42 Å². The van der Waals surface area contributed by atoms with Crippen LogP contribution in [-0.4, -0.2) is 0 Å². The summed E-state index contributed by atoms with van der Waals surface area (Å²) < 4.78 is 124. The number of fused-ring (bicyclic) bond motifs is 5. The highest BCUT2D eigenvalue weighted by Gasteiger charge is 2.24. The number of hydrogen-bond acceptors (Lipinski definition) is 1. The minimum Gasteiger partial charge on any atom is -0.455 e. The molecule has 0 N–H and O–H groups in total. The number of furan rings is 1. The van der Waals surface area contributed by atoms with Crippen LogP contribution in [0.3, 0.4) is 0 Å². The number of benzene rings is 10. The van der Waals surface area contributed by atoms with Gasteiger partial charge in [0, 0.05) is 21.9 Å². The van der Waals surface area contributed by atoms with Crippen LogP contribution in [0.15, 0.2) is 222 Å². The van der Waals surface area contributed by atoms with Crippen LogP contribution in [0.2, 0.25) is 0 Å². The van der Waals surface area contributed by atoms with E-state index in [1.54, 1.807) is 42.5 Å². The molecule has 1 heteroatoms. The summed E-state index contributed by atoms with van der Waals surface area (Å²) >= 11 is 0. The van der Waals surface area contributed by atoms with Crippen molar-refractivity contribution in [2.45, 2.75) is 0 Å². The average Bonchev–Trinajstić information content (AvgIpc) is 3.79. The first kappa shape index (κ1) is 22.2. The lowest BCUT2D eigenvalue weighted by molar-refractivity contribution is 0.671. The van der Waals surface area contributed by atoms with Crippen molar-refractivity contribution < 1.29 is 22.2 Å². The first-order chi connectivity index (χ1) is 33.7. The highest BCUT2D eigenvalue weighted by atomic mass is 16.3. The molecule has 0 atom stereocenters. The van der Waals surface area contributed by atoms with Gasteiger partial charge in [0.05, 0.1) is 17.8 Å². The normalized spacial score (nSPS) is 14.7. The molecule has 0 aliphatic carbocycles. The van der Waals surface area contributed by atoms with Gasteiger partial charge in [-0.05, 0) is 89.3 Å². The second-order valence-electron chi connectivity index (χ2n) is 13.8. The smallest absolute Gasteiger partial charge is 0.143 e. The fourth-order valence-corrected chi connectivity index (χ4v) is 8.16. The van der Waals surface area contributed by atoms with Crippen LogP contribution in [-0.2, 0) is 0 Å². The molecule has 1 aromatic heterocycles. The third kappa shape index (κ3) is 5.47. The van der Waals surface area contributed by atoms with Gasteiger partial charge in [-0.3, -0.25) is 0 Å². The maximum Gasteiger partial charge on any atom is 0.143 e. The zero-order valence-electron chi connectivity index (χ0n) is 43.2. The zero-order valence-corrected chi connectivity index (χ0v) is 30.2. The molecule has 57 heavy (non-hydrogen) atoms. The summed E-state index contributed by atoms with van der Waals surface area (Å²) in [5.41, 5.74) is 6.42. The van der Waals surface area contributed by atoms with Gasteiger partial charge in [-0.15, -0.1) is 0 Å². The number of rotatable bonds is 6. The van der Waals surface area contributed by atoms with Gasteiger partial charge in [-0.25, -0.2) is 0 Å². The second-order valence-corrected chi connectivity index (χ2v) is 13.8. The third-order valence-corrected chi connectivity index (χ3v) is 10.6. The lowest BCUT2D eigenvalue weighted by atomic mass is 9.79. The Morgan fingerprint density at radius 3 is 1.19 bits per heavy atom. The molecule has 0 unspecified atom stereocenters. The maximum absolute atomic E-state index is 9.73. The van der Waals surface area contributed by atoms with Crippen molar-refractivity contribution in [3.05, 3.63) is 218 Å². The fraction of sp³-hybridized carbons (Fsp3) is 0. The van der Waals surface area contributed by atoms with Gasteiger partial charge in [0.1, 0.15) is 11.2 Å². The predicted octanol–water partition coefficient (Wildman–Crippen LogP) is 15.9. The highest BCUT2D eigenvalue weighted by Crippen LogP contribution is 2.51.